The summed E-state index contributed by atoms with van der Waals surface area (Å²) < 4.78 is 37.5. The van der Waals surface area contributed by atoms with Crippen LogP contribution < -0.4 is 5.73 Å². The van der Waals surface area contributed by atoms with Gasteiger partial charge in [0, 0.05) is 12.6 Å². The first-order valence-corrected chi connectivity index (χ1v) is 5.17. The van der Waals surface area contributed by atoms with Crippen LogP contribution >= 0.6 is 12.2 Å². The van der Waals surface area contributed by atoms with Crippen molar-refractivity contribution in [2.75, 3.05) is 13.6 Å². The summed E-state index contributed by atoms with van der Waals surface area (Å²) in [5, 5.41) is 0. The second-order valence-electron chi connectivity index (χ2n) is 3.69. The Morgan fingerprint density at radius 3 is 2.20 bits per heavy atom. The Balaban J connectivity index is 4.50. The van der Waals surface area contributed by atoms with Crippen LogP contribution in [-0.4, -0.2) is 35.7 Å². The highest BCUT2D eigenvalue weighted by Crippen LogP contribution is 2.27. The van der Waals surface area contributed by atoms with Crippen molar-refractivity contribution in [1.82, 2.24) is 4.90 Å². The molecule has 0 amide bonds. The van der Waals surface area contributed by atoms with Gasteiger partial charge >= 0.3 is 6.18 Å². The first kappa shape index (κ1) is 14.6. The summed E-state index contributed by atoms with van der Waals surface area (Å²) in [5.74, 6) is -1.72. The number of alkyl halides is 3. The Morgan fingerprint density at radius 2 is 1.93 bits per heavy atom. The lowest BCUT2D eigenvalue weighted by Gasteiger charge is -2.29. The molecule has 0 aliphatic heterocycles. The molecule has 6 heteroatoms. The molecule has 15 heavy (non-hydrogen) atoms. The lowest BCUT2D eigenvalue weighted by Crippen LogP contribution is -2.44. The lowest BCUT2D eigenvalue weighted by atomic mass is 10.1. The zero-order chi connectivity index (χ0) is 12.2. The van der Waals surface area contributed by atoms with Gasteiger partial charge in [-0.15, -0.1) is 0 Å². The van der Waals surface area contributed by atoms with Gasteiger partial charge in [0.25, 0.3) is 0 Å². The zero-order valence-corrected chi connectivity index (χ0v) is 9.95. The van der Waals surface area contributed by atoms with Crippen LogP contribution in [-0.2, 0) is 0 Å². The first-order valence-electron chi connectivity index (χ1n) is 4.76. The molecule has 0 rings (SSSR count). The van der Waals surface area contributed by atoms with Crippen LogP contribution in [0.4, 0.5) is 13.2 Å². The van der Waals surface area contributed by atoms with E-state index >= 15 is 0 Å². The molecule has 2 atom stereocenters. The summed E-state index contributed by atoms with van der Waals surface area (Å²) >= 11 is 4.44. The normalized spacial score (nSPS) is 16.5. The van der Waals surface area contributed by atoms with Gasteiger partial charge in [0.05, 0.1) is 4.99 Å². The Bertz CT molecular complexity index is 218. The highest BCUT2D eigenvalue weighted by atomic mass is 32.1. The molecule has 0 aromatic rings. The number of nitrogens with two attached hydrogens (primary N) is 1. The van der Waals surface area contributed by atoms with E-state index in [1.165, 1.54) is 0 Å². The quantitative estimate of drug-likeness (QED) is 0.749. The molecule has 0 radical (unpaired) electrons. The van der Waals surface area contributed by atoms with Crippen LogP contribution in [0.3, 0.4) is 0 Å². The third-order valence-electron chi connectivity index (χ3n) is 2.55. The molecular formula is C9H17F3N2S. The van der Waals surface area contributed by atoms with Crippen LogP contribution in [0.15, 0.2) is 0 Å². The van der Waals surface area contributed by atoms with Crippen molar-refractivity contribution >= 4 is 17.2 Å². The van der Waals surface area contributed by atoms with Crippen molar-refractivity contribution in [2.45, 2.75) is 32.5 Å². The molecule has 0 aliphatic rings. The molecular weight excluding hydrogens is 225 g/mol. The Labute approximate surface area is 93.6 Å². The van der Waals surface area contributed by atoms with Crippen molar-refractivity contribution in [3.8, 4) is 0 Å². The van der Waals surface area contributed by atoms with E-state index in [-0.39, 0.29) is 12.6 Å². The lowest BCUT2D eigenvalue weighted by molar-refractivity contribution is -0.159. The molecule has 2 unspecified atom stereocenters. The van der Waals surface area contributed by atoms with E-state index < -0.39 is 17.1 Å². The monoisotopic (exact) mass is 242 g/mol. The molecule has 0 saturated heterocycles. The second kappa shape index (κ2) is 5.65. The number of hydrogen-bond donors (Lipinski definition) is 1. The maximum absolute atomic E-state index is 12.5. The Morgan fingerprint density at radius 1 is 1.47 bits per heavy atom. The largest absolute Gasteiger partial charge is 0.399 e. The average Bonchev–Trinajstić information content (AvgIpc) is 2.09. The first-order chi connectivity index (χ1) is 6.70. The van der Waals surface area contributed by atoms with Gasteiger partial charge in [-0.25, -0.2) is 0 Å². The van der Waals surface area contributed by atoms with E-state index in [9.17, 15) is 13.2 Å². The van der Waals surface area contributed by atoms with Crippen LogP contribution in [0.25, 0.3) is 0 Å². The number of rotatable bonds is 5. The molecule has 90 valence electrons. The van der Waals surface area contributed by atoms with Crippen molar-refractivity contribution in [3.63, 3.8) is 0 Å². The Hall–Kier alpha value is -0.360. The summed E-state index contributed by atoms with van der Waals surface area (Å²) in [6, 6.07) is 0.0872. The number of hydrogen-bond acceptors (Lipinski definition) is 2. The van der Waals surface area contributed by atoms with Gasteiger partial charge < -0.3 is 10.6 Å². The second-order valence-corrected chi connectivity index (χ2v) is 4.16. The van der Waals surface area contributed by atoms with Crippen molar-refractivity contribution in [1.29, 1.82) is 0 Å². The molecule has 0 bridgehead atoms. The van der Waals surface area contributed by atoms with Gasteiger partial charge in [-0.2, -0.15) is 13.2 Å². The fourth-order valence-corrected chi connectivity index (χ4v) is 1.34. The molecule has 0 aromatic heterocycles. The van der Waals surface area contributed by atoms with E-state index in [1.54, 1.807) is 11.9 Å². The molecule has 0 aliphatic carbocycles. The van der Waals surface area contributed by atoms with Gasteiger partial charge in [-0.3, -0.25) is 0 Å². The van der Waals surface area contributed by atoms with Crippen LogP contribution in [0.5, 0.6) is 0 Å². The average molecular weight is 242 g/mol. The van der Waals surface area contributed by atoms with E-state index in [2.05, 4.69) is 12.2 Å². The predicted molar refractivity (Wildman–Crippen MR) is 58.7 cm³/mol. The topological polar surface area (TPSA) is 29.3 Å². The van der Waals surface area contributed by atoms with Crippen LogP contribution in [0.2, 0.25) is 0 Å². The fraction of sp³-hybridized carbons (Fsp3) is 0.889. The van der Waals surface area contributed by atoms with Gasteiger partial charge in [-0.1, -0.05) is 19.1 Å². The number of nitrogens with zero attached hydrogens (tertiary/aromatic N) is 1. The van der Waals surface area contributed by atoms with Crippen molar-refractivity contribution < 1.29 is 13.2 Å². The van der Waals surface area contributed by atoms with Crippen LogP contribution in [0, 0.1) is 5.92 Å². The third-order valence-corrected chi connectivity index (χ3v) is 2.84. The fourth-order valence-electron chi connectivity index (χ4n) is 1.13. The molecule has 2 nitrogen and oxygen atoms in total. The zero-order valence-electron chi connectivity index (χ0n) is 9.14. The SMILES string of the molecule is CCC(C)N(C)CC(C(N)=S)C(F)(F)F. The minimum atomic E-state index is -4.35. The van der Waals surface area contributed by atoms with E-state index in [1.807, 2.05) is 13.8 Å². The number of halogens is 3. The number of thiocarbonyl (C=S) groups is 1. The van der Waals surface area contributed by atoms with Crippen molar-refractivity contribution in [2.24, 2.45) is 11.7 Å². The van der Waals surface area contributed by atoms with E-state index in [0.29, 0.717) is 0 Å². The molecule has 0 fully saturated rings. The minimum Gasteiger partial charge on any atom is -0.393 e. The maximum atomic E-state index is 12.5. The highest BCUT2D eigenvalue weighted by Gasteiger charge is 2.42. The maximum Gasteiger partial charge on any atom is 0.399 e. The van der Waals surface area contributed by atoms with Gasteiger partial charge in [0.2, 0.25) is 0 Å². The summed E-state index contributed by atoms with van der Waals surface area (Å²) in [5.41, 5.74) is 5.10. The van der Waals surface area contributed by atoms with E-state index in [0.717, 1.165) is 6.42 Å². The standard InChI is InChI=1S/C9H17F3N2S/c1-4-6(2)14(3)5-7(8(13)15)9(10,11)12/h6-7H,4-5H2,1-3H3,(H2,13,15). The van der Waals surface area contributed by atoms with Crippen LogP contribution in [0.1, 0.15) is 20.3 Å². The third kappa shape index (κ3) is 4.79. The predicted octanol–water partition coefficient (Wildman–Crippen LogP) is 2.18. The molecule has 0 heterocycles. The Kier molecular flexibility index (Phi) is 5.51. The van der Waals surface area contributed by atoms with Gasteiger partial charge in [0.1, 0.15) is 5.92 Å². The highest BCUT2D eigenvalue weighted by molar-refractivity contribution is 7.80. The summed E-state index contributed by atoms with van der Waals surface area (Å²) in [6.07, 6.45) is -3.56. The van der Waals surface area contributed by atoms with Gasteiger partial charge in [-0.05, 0) is 20.4 Å². The van der Waals surface area contributed by atoms with Gasteiger partial charge in [0.15, 0.2) is 0 Å². The molecule has 0 spiro atoms. The minimum absolute atomic E-state index is 0.0872. The summed E-state index contributed by atoms with van der Waals surface area (Å²) in [6.45, 7) is 3.62. The summed E-state index contributed by atoms with van der Waals surface area (Å²) in [4.78, 5) is 1.13. The molecule has 2 N–H and O–H groups in total. The summed E-state index contributed by atoms with van der Waals surface area (Å²) in [7, 11) is 1.64. The van der Waals surface area contributed by atoms with E-state index in [4.69, 9.17) is 5.73 Å². The smallest absolute Gasteiger partial charge is 0.393 e. The molecule has 0 saturated carbocycles. The van der Waals surface area contributed by atoms with Crippen molar-refractivity contribution in [3.05, 3.63) is 0 Å². The molecule has 0 aromatic carbocycles.